The summed E-state index contributed by atoms with van der Waals surface area (Å²) in [5, 5.41) is 0. The Hall–Kier alpha value is -1.39. The van der Waals surface area contributed by atoms with Crippen molar-refractivity contribution in [2.45, 2.75) is 26.7 Å². The van der Waals surface area contributed by atoms with Crippen LogP contribution >= 0.6 is 0 Å². The Kier molecular flexibility index (Phi) is 4.22. The first kappa shape index (κ1) is 14.0. The van der Waals surface area contributed by atoms with Crippen LogP contribution in [0.25, 0.3) is 0 Å². The van der Waals surface area contributed by atoms with Crippen molar-refractivity contribution in [3.05, 3.63) is 44.2 Å². The molecule has 0 N–H and O–H groups in total. The molecule has 0 radical (unpaired) electrons. The molecule has 0 unspecified atom stereocenters. The molecular weight excluding hydrogens is 280 g/mol. The van der Waals surface area contributed by atoms with Crippen molar-refractivity contribution in [1.29, 1.82) is 0 Å². The summed E-state index contributed by atoms with van der Waals surface area (Å²) < 4.78 is 13.1. The molecule has 0 atom stereocenters. The minimum absolute atomic E-state index is 0.401. The van der Waals surface area contributed by atoms with Crippen LogP contribution in [0.15, 0.2) is 44.2 Å². The summed E-state index contributed by atoms with van der Waals surface area (Å²) in [7, 11) is 0. The second kappa shape index (κ2) is 5.72. The van der Waals surface area contributed by atoms with E-state index in [-0.39, 0.29) is 0 Å². The summed E-state index contributed by atoms with van der Waals surface area (Å²) in [6.07, 6.45) is 12.9. The zero-order chi connectivity index (χ0) is 13.9. The van der Waals surface area contributed by atoms with Crippen LogP contribution in [0.3, 0.4) is 0 Å². The normalized spacial score (nSPS) is 17.2. The summed E-state index contributed by atoms with van der Waals surface area (Å²) in [4.78, 5) is 23.0. The molecule has 0 bridgehead atoms. The fourth-order valence-electron chi connectivity index (χ4n) is 2.28. The molecule has 0 saturated carbocycles. The van der Waals surface area contributed by atoms with Gasteiger partial charge in [-0.3, -0.25) is 0 Å². The molecule has 2 rings (SSSR count). The fraction of sp³-hybridized carbons (Fsp3) is 0.286. The topological polar surface area (TPSA) is 52.6 Å². The van der Waals surface area contributed by atoms with Gasteiger partial charge < -0.3 is 0 Å². The number of carbonyl (C=O) groups is 2. The molecule has 0 aromatic rings. The zero-order valence-electron chi connectivity index (χ0n) is 11.0. The van der Waals surface area contributed by atoms with E-state index in [1.54, 1.807) is 0 Å². The average Bonchev–Trinajstić information content (AvgIpc) is 3.01. The summed E-state index contributed by atoms with van der Waals surface area (Å²) in [6, 6.07) is 0. The van der Waals surface area contributed by atoms with Crippen molar-refractivity contribution in [1.82, 2.24) is 0 Å². The van der Waals surface area contributed by atoms with Gasteiger partial charge in [-0.25, -0.2) is 0 Å². The van der Waals surface area contributed by atoms with Gasteiger partial charge in [0.05, 0.1) is 0 Å². The SMILES string of the molecule is CC(=O)[O][Ti]([O]C(C)=O)([C]1=CC=CC1)[C]1=CC=CC1. The van der Waals surface area contributed by atoms with E-state index in [1.165, 1.54) is 13.8 Å². The van der Waals surface area contributed by atoms with Gasteiger partial charge in [0, 0.05) is 0 Å². The molecule has 0 amide bonds. The molecule has 4 nitrogen and oxygen atoms in total. The third-order valence-electron chi connectivity index (χ3n) is 2.96. The Morgan fingerprint density at radius 1 is 0.947 bits per heavy atom. The summed E-state index contributed by atoms with van der Waals surface area (Å²) >= 11 is -3.77. The Bertz CT molecular complexity index is 478. The van der Waals surface area contributed by atoms with Crippen LogP contribution in [0.2, 0.25) is 0 Å². The van der Waals surface area contributed by atoms with Gasteiger partial charge in [-0.05, 0) is 0 Å². The molecule has 0 saturated heterocycles. The minimum atomic E-state index is -3.77. The van der Waals surface area contributed by atoms with Crippen LogP contribution in [0.5, 0.6) is 0 Å². The number of allylic oxidation sites excluding steroid dienone is 8. The number of rotatable bonds is 4. The number of hydrogen-bond acceptors (Lipinski definition) is 4. The second-order valence-electron chi connectivity index (χ2n) is 4.45. The van der Waals surface area contributed by atoms with Crippen molar-refractivity contribution >= 4 is 11.9 Å². The van der Waals surface area contributed by atoms with Crippen molar-refractivity contribution < 1.29 is 33.6 Å². The van der Waals surface area contributed by atoms with Gasteiger partial charge in [0.15, 0.2) is 0 Å². The second-order valence-corrected chi connectivity index (χ2v) is 9.02. The Labute approximate surface area is 116 Å². The third-order valence-corrected chi connectivity index (χ3v) is 8.56. The molecule has 0 spiro atoms. The van der Waals surface area contributed by atoms with E-state index in [1.807, 2.05) is 36.5 Å². The zero-order valence-corrected chi connectivity index (χ0v) is 12.6. The van der Waals surface area contributed by atoms with Crippen LogP contribution in [-0.4, -0.2) is 11.9 Å². The summed E-state index contributed by atoms with van der Waals surface area (Å²) in [5.41, 5.74) is 0. The van der Waals surface area contributed by atoms with Crippen molar-refractivity contribution in [3.63, 3.8) is 0 Å². The quantitative estimate of drug-likeness (QED) is 0.749. The Morgan fingerprint density at radius 3 is 1.63 bits per heavy atom. The molecule has 2 aliphatic carbocycles. The first-order valence-electron chi connectivity index (χ1n) is 6.16. The number of carbonyl (C=O) groups excluding carboxylic acids is 2. The van der Waals surface area contributed by atoms with Crippen LogP contribution in [-0.2, 0) is 33.6 Å². The first-order valence-corrected chi connectivity index (χ1v) is 9.00. The van der Waals surface area contributed by atoms with Crippen molar-refractivity contribution in [2.24, 2.45) is 0 Å². The van der Waals surface area contributed by atoms with E-state index >= 15 is 0 Å². The molecule has 0 heterocycles. The van der Waals surface area contributed by atoms with Crippen molar-refractivity contribution in [2.75, 3.05) is 0 Å². The van der Waals surface area contributed by atoms with Crippen LogP contribution in [0, 0.1) is 0 Å². The Morgan fingerprint density at radius 2 is 1.37 bits per heavy atom. The molecule has 19 heavy (non-hydrogen) atoms. The van der Waals surface area contributed by atoms with Gasteiger partial charge in [-0.2, -0.15) is 0 Å². The summed E-state index contributed by atoms with van der Waals surface area (Å²) in [5.74, 6) is -0.802. The van der Waals surface area contributed by atoms with E-state index in [2.05, 4.69) is 0 Å². The molecule has 5 heteroatoms. The van der Waals surface area contributed by atoms with Gasteiger partial charge >= 0.3 is 116 Å². The van der Waals surface area contributed by atoms with Gasteiger partial charge in [-0.1, -0.05) is 0 Å². The fourth-order valence-corrected chi connectivity index (χ4v) is 7.26. The molecule has 0 aromatic heterocycles. The molecule has 0 aliphatic heterocycles. The maximum absolute atomic E-state index is 11.5. The van der Waals surface area contributed by atoms with E-state index in [4.69, 9.17) is 6.64 Å². The van der Waals surface area contributed by atoms with Crippen LogP contribution < -0.4 is 0 Å². The third kappa shape index (κ3) is 2.96. The van der Waals surface area contributed by atoms with Crippen molar-refractivity contribution in [3.8, 4) is 0 Å². The van der Waals surface area contributed by atoms with E-state index in [9.17, 15) is 9.59 Å². The average molecular weight is 296 g/mol. The summed E-state index contributed by atoms with van der Waals surface area (Å²) in [6.45, 7) is 2.71. The predicted octanol–water partition coefficient (Wildman–Crippen LogP) is 2.78. The van der Waals surface area contributed by atoms with E-state index in [0.29, 0.717) is 12.8 Å². The monoisotopic (exact) mass is 296 g/mol. The molecule has 2 aliphatic rings. The van der Waals surface area contributed by atoms with Gasteiger partial charge in [0.25, 0.3) is 0 Å². The first-order chi connectivity index (χ1) is 9.04. The standard InChI is InChI=1S/2C5H5.2C2H4O2.Ti/c2*1-2-4-5-3-1;2*1-2(3)4;/h2*1-3H,4H2;2*1H3,(H,3,4);/q;;;;+2/p-2. The molecule has 0 aromatic carbocycles. The maximum atomic E-state index is 11.5. The van der Waals surface area contributed by atoms with Gasteiger partial charge in [0.1, 0.15) is 0 Å². The Balaban J connectivity index is 2.42. The van der Waals surface area contributed by atoms with E-state index < -0.39 is 29.3 Å². The predicted molar refractivity (Wildman–Crippen MR) is 67.2 cm³/mol. The van der Waals surface area contributed by atoms with Gasteiger partial charge in [0.2, 0.25) is 0 Å². The molecular formula is C14H16O4Ti. The molecule has 0 fully saturated rings. The van der Waals surface area contributed by atoms with E-state index in [0.717, 1.165) is 7.76 Å². The number of hydrogen-bond donors (Lipinski definition) is 0. The van der Waals surface area contributed by atoms with Crippen LogP contribution in [0.4, 0.5) is 0 Å². The van der Waals surface area contributed by atoms with Crippen LogP contribution in [0.1, 0.15) is 26.7 Å². The molecule has 100 valence electrons. The van der Waals surface area contributed by atoms with Gasteiger partial charge in [-0.15, -0.1) is 0 Å².